The number of β-lactam (4-membered cyclic amide) rings is 1. The Hall–Kier alpha value is -4.15. The Bertz CT molecular complexity index is 1710. The molecule has 3 aliphatic rings. The molecule has 3 aromatic rings. The average Bonchev–Trinajstić information content (AvgIpc) is 3.31. The van der Waals surface area contributed by atoms with Gasteiger partial charge in [-0.1, -0.05) is 5.16 Å². The number of fused-ring (bicyclic) bond motifs is 1. The summed E-state index contributed by atoms with van der Waals surface area (Å²) in [6, 6.07) is -2.83. The van der Waals surface area contributed by atoms with Crippen LogP contribution in [0.5, 0.6) is 0 Å². The lowest BCUT2D eigenvalue weighted by atomic mass is 9.98. The fraction of sp³-hybridized carbons (Fsp3) is 0.476. The third-order valence-corrected chi connectivity index (χ3v) is 9.83. The van der Waals surface area contributed by atoms with Gasteiger partial charge in [-0.3, -0.25) is 9.59 Å². The van der Waals surface area contributed by atoms with Crippen LogP contribution in [0.15, 0.2) is 29.4 Å². The van der Waals surface area contributed by atoms with Crippen LogP contribution in [0.2, 0.25) is 0 Å². The van der Waals surface area contributed by atoms with Gasteiger partial charge in [-0.25, -0.2) is 22.5 Å². The number of carbonyl (C=O) groups excluding carboxylic acids is 2. The average molecular weight is 654 g/mol. The number of carbonyl (C=O) groups is 3. The number of oxime groups is 1. The zero-order chi connectivity index (χ0) is 30.5. The molecule has 0 bridgehead atoms. The van der Waals surface area contributed by atoms with Gasteiger partial charge in [0.15, 0.2) is 21.1 Å². The quantitative estimate of drug-likeness (QED) is 0.0591. The molecule has 1 unspecified atom stereocenters. The van der Waals surface area contributed by atoms with Crippen molar-refractivity contribution in [2.24, 2.45) is 5.16 Å². The standard InChI is InChI=1S/C21H23N11O8S3/c22-20-25-13(8-42-20)15(28-40-21(1-2-21)19(35)36)17(33)26-16-14(32(18(16)34)43(37,38)39)6-31-24-3-11(27-31)7-41-12-4-29-9-23-10-30(29)5-12/h3,8-10,12,14,16H,1-2,4-7H2,(H4-,22,25,26,33,35,36,37,38,39)/t14?,16-/m0/s1. The molecule has 1 saturated carbocycles. The van der Waals surface area contributed by atoms with Crippen molar-refractivity contribution in [1.29, 1.82) is 0 Å². The number of nitrogen functional groups attached to an aromatic ring is 1. The van der Waals surface area contributed by atoms with Crippen LogP contribution in [0.25, 0.3) is 0 Å². The summed E-state index contributed by atoms with van der Waals surface area (Å²) in [7, 11) is -5.24. The number of aromatic nitrogens is 7. The molecule has 2 aliphatic heterocycles. The molecule has 0 radical (unpaired) electrons. The van der Waals surface area contributed by atoms with Gasteiger partial charge in [0.1, 0.15) is 18.3 Å². The molecule has 6 rings (SSSR count). The molecule has 2 amide bonds. The van der Waals surface area contributed by atoms with Gasteiger partial charge in [-0.2, -0.15) is 24.4 Å². The van der Waals surface area contributed by atoms with Gasteiger partial charge < -0.3 is 25.5 Å². The molecule has 4 N–H and O–H groups in total. The molecule has 1 saturated heterocycles. The highest BCUT2D eigenvalue weighted by atomic mass is 32.2. The monoisotopic (exact) mass is 653 g/mol. The Labute approximate surface area is 250 Å². The molecule has 1 aliphatic carbocycles. The number of hydrogen-bond donors (Lipinski definition) is 3. The molecule has 2 fully saturated rings. The van der Waals surface area contributed by atoms with Crippen LogP contribution in [-0.4, -0.2) is 98.5 Å². The van der Waals surface area contributed by atoms with E-state index >= 15 is 0 Å². The van der Waals surface area contributed by atoms with Gasteiger partial charge in [0.2, 0.25) is 11.9 Å². The summed E-state index contributed by atoms with van der Waals surface area (Å²) in [5.74, 6) is -2.96. The van der Waals surface area contributed by atoms with Gasteiger partial charge in [0.05, 0.1) is 36.3 Å². The highest BCUT2D eigenvalue weighted by Gasteiger charge is 2.55. The topological polar surface area (TPSA) is 257 Å². The van der Waals surface area contributed by atoms with Crippen molar-refractivity contribution in [3.63, 3.8) is 0 Å². The molecule has 228 valence electrons. The molecular formula is C21H23N11O8S3. The van der Waals surface area contributed by atoms with Crippen LogP contribution in [0.1, 0.15) is 24.2 Å². The fourth-order valence-corrected chi connectivity index (χ4v) is 7.05. The maximum absolute atomic E-state index is 13.2. The third-order valence-electron chi connectivity index (χ3n) is 6.99. The second-order valence-corrected chi connectivity index (χ2v) is 13.4. The smallest absolute Gasteiger partial charge is 0.350 e. The summed E-state index contributed by atoms with van der Waals surface area (Å²) in [6.45, 7) is 1.23. The normalized spacial score (nSPS) is 22.6. The molecule has 2 atom stereocenters. The molecule has 19 nitrogen and oxygen atoms in total. The number of thioether (sulfide) groups is 1. The zero-order valence-corrected chi connectivity index (χ0v) is 24.4. The van der Waals surface area contributed by atoms with Crippen molar-refractivity contribution in [3.8, 4) is 0 Å². The van der Waals surface area contributed by atoms with Crippen molar-refractivity contribution in [3.05, 3.63) is 35.6 Å². The summed E-state index contributed by atoms with van der Waals surface area (Å²) in [5.41, 5.74) is 4.13. The minimum Gasteiger partial charge on any atom is -0.731 e. The van der Waals surface area contributed by atoms with E-state index in [4.69, 9.17) is 10.6 Å². The van der Waals surface area contributed by atoms with Crippen molar-refractivity contribution < 1.29 is 42.0 Å². The predicted octanol–water partition coefficient (Wildman–Crippen LogP) is -2.69. The van der Waals surface area contributed by atoms with Gasteiger partial charge in [0.25, 0.3) is 11.8 Å². The highest BCUT2D eigenvalue weighted by molar-refractivity contribution is 7.99. The first-order chi connectivity index (χ1) is 20.4. The number of hydrogen-bond acceptors (Lipinski definition) is 15. The lowest BCUT2D eigenvalue weighted by molar-refractivity contribution is -0.758. The van der Waals surface area contributed by atoms with Crippen LogP contribution in [-0.2, 0) is 54.9 Å². The highest BCUT2D eigenvalue weighted by Crippen LogP contribution is 2.40. The fourth-order valence-electron chi connectivity index (χ4n) is 4.59. The molecule has 3 aromatic heterocycles. The van der Waals surface area contributed by atoms with E-state index in [1.54, 1.807) is 24.4 Å². The maximum Gasteiger partial charge on any atom is 0.350 e. The Kier molecular flexibility index (Phi) is 7.30. The SMILES string of the molecule is Nc1nc(C(=NOC2(C(=O)O)CC2)C(=O)N[C@@H]2C(=O)N(S(=O)(=O)[O-])C2Cn2ncc(CSC3Cn4cnc[n+]4C3)n2)cs1. The molecule has 0 aromatic carbocycles. The van der Waals surface area contributed by atoms with Gasteiger partial charge in [-0.05, 0) is 4.98 Å². The number of aliphatic carboxylic acids is 1. The summed E-state index contributed by atoms with van der Waals surface area (Å²) in [4.78, 5) is 51.8. The van der Waals surface area contributed by atoms with E-state index in [0.29, 0.717) is 11.4 Å². The largest absolute Gasteiger partial charge is 0.731 e. The van der Waals surface area contributed by atoms with Crippen molar-refractivity contribution in [2.75, 3.05) is 5.73 Å². The Morgan fingerprint density at radius 1 is 1.40 bits per heavy atom. The lowest BCUT2D eigenvalue weighted by Gasteiger charge is -2.46. The lowest BCUT2D eigenvalue weighted by Crippen LogP contribution is -2.73. The van der Waals surface area contributed by atoms with E-state index in [-0.39, 0.29) is 39.8 Å². The van der Waals surface area contributed by atoms with Crippen molar-refractivity contribution >= 4 is 62.0 Å². The number of thiazole rings is 1. The van der Waals surface area contributed by atoms with Gasteiger partial charge in [-0.15, -0.1) is 23.1 Å². The van der Waals surface area contributed by atoms with E-state index in [1.807, 2.05) is 9.36 Å². The number of anilines is 1. The predicted molar refractivity (Wildman–Crippen MR) is 144 cm³/mol. The summed E-state index contributed by atoms with van der Waals surface area (Å²) < 4.78 is 39.7. The minimum atomic E-state index is -5.24. The van der Waals surface area contributed by atoms with Crippen LogP contribution in [0.4, 0.5) is 5.13 Å². The van der Waals surface area contributed by atoms with E-state index in [1.165, 1.54) is 11.6 Å². The number of rotatable bonds is 12. The van der Waals surface area contributed by atoms with Crippen LogP contribution in [0, 0.1) is 0 Å². The van der Waals surface area contributed by atoms with E-state index in [0.717, 1.165) is 29.2 Å². The number of nitrogens with two attached hydrogens (primary N) is 1. The first kappa shape index (κ1) is 28.9. The zero-order valence-electron chi connectivity index (χ0n) is 21.9. The first-order valence-corrected chi connectivity index (χ1v) is 15.9. The number of nitrogens with one attached hydrogen (secondary N) is 1. The Balaban J connectivity index is 1.15. The Morgan fingerprint density at radius 3 is 2.84 bits per heavy atom. The summed E-state index contributed by atoms with van der Waals surface area (Å²) >= 11 is 2.62. The van der Waals surface area contributed by atoms with E-state index < -0.39 is 51.5 Å². The van der Waals surface area contributed by atoms with E-state index in [2.05, 4.69) is 30.6 Å². The molecular weight excluding hydrogens is 631 g/mol. The van der Waals surface area contributed by atoms with Crippen molar-refractivity contribution in [1.82, 2.24) is 39.3 Å². The van der Waals surface area contributed by atoms with Crippen LogP contribution in [0.3, 0.4) is 0 Å². The summed E-state index contributed by atoms with van der Waals surface area (Å²) in [5, 5.41) is 25.7. The summed E-state index contributed by atoms with van der Waals surface area (Å²) in [6.07, 6.45) is 5.32. The van der Waals surface area contributed by atoms with Crippen molar-refractivity contribution in [2.45, 2.75) is 61.2 Å². The third kappa shape index (κ3) is 5.77. The number of amides is 2. The maximum atomic E-state index is 13.2. The van der Waals surface area contributed by atoms with Gasteiger partial charge >= 0.3 is 12.3 Å². The number of carboxylic acids is 1. The first-order valence-electron chi connectivity index (χ1n) is 12.6. The molecule has 5 heterocycles. The molecule has 0 spiro atoms. The Morgan fingerprint density at radius 2 is 2.19 bits per heavy atom. The molecule has 22 heteroatoms. The number of carboxylic acid groups (broad SMARTS) is 1. The number of nitrogens with zero attached hydrogens (tertiary/aromatic N) is 9. The molecule has 43 heavy (non-hydrogen) atoms. The van der Waals surface area contributed by atoms with E-state index in [9.17, 15) is 32.5 Å². The van der Waals surface area contributed by atoms with Crippen LogP contribution >= 0.6 is 23.1 Å². The minimum absolute atomic E-state index is 0.0571. The van der Waals surface area contributed by atoms with Gasteiger partial charge in [0, 0.05) is 24.0 Å². The second-order valence-electron chi connectivity index (χ2n) is 9.96. The second kappa shape index (κ2) is 10.8. The van der Waals surface area contributed by atoms with Crippen LogP contribution < -0.4 is 15.7 Å².